The Labute approximate surface area is 199 Å². The zero-order valence-electron chi connectivity index (χ0n) is 18.4. The number of rotatable bonds is 6. The Morgan fingerprint density at radius 2 is 1.69 bits per heavy atom. The molecule has 2 saturated heterocycles. The highest BCUT2D eigenvalue weighted by Crippen LogP contribution is 2.43. The first-order valence-corrected chi connectivity index (χ1v) is 14.5. The minimum atomic E-state index is -3.80. The van der Waals surface area contributed by atoms with Crippen molar-refractivity contribution in [3.05, 3.63) is 59.7 Å². The smallest absolute Gasteiger partial charge is 0.241 e. The van der Waals surface area contributed by atoms with Crippen LogP contribution >= 0.6 is 23.5 Å². The molecule has 0 aromatic heterocycles. The zero-order chi connectivity index (χ0) is 22.7. The van der Waals surface area contributed by atoms with Gasteiger partial charge in [-0.3, -0.25) is 4.79 Å². The Morgan fingerprint density at radius 1 is 1.03 bits per heavy atom. The summed E-state index contributed by atoms with van der Waals surface area (Å²) in [5, 5.41) is -1.04. The predicted octanol–water partition coefficient (Wildman–Crippen LogP) is 4.39. The topological polar surface area (TPSA) is 63.7 Å². The minimum absolute atomic E-state index is 0.140. The largest absolute Gasteiger partial charge is 0.497 e. The Bertz CT molecular complexity index is 1030. The fraction of sp³-hybridized carbons (Fsp3) is 0.458. The third-order valence-electron chi connectivity index (χ3n) is 6.10. The second-order valence-corrected chi connectivity index (χ2v) is 13.2. The lowest BCUT2D eigenvalue weighted by Crippen LogP contribution is -2.54. The highest BCUT2D eigenvalue weighted by atomic mass is 32.2. The van der Waals surface area contributed by atoms with Gasteiger partial charge in [0.1, 0.15) is 11.0 Å². The summed E-state index contributed by atoms with van der Waals surface area (Å²) in [5.74, 6) is 2.34. The average Bonchev–Trinajstić information content (AvgIpc) is 2.81. The molecule has 1 amide bonds. The molecule has 2 aliphatic heterocycles. The van der Waals surface area contributed by atoms with Gasteiger partial charge in [0, 0.05) is 19.0 Å². The normalized spacial score (nSPS) is 22.7. The van der Waals surface area contributed by atoms with Crippen LogP contribution in [-0.4, -0.2) is 54.2 Å². The zero-order valence-corrected chi connectivity index (χ0v) is 20.8. The van der Waals surface area contributed by atoms with Crippen LogP contribution in [0.15, 0.2) is 53.4 Å². The van der Waals surface area contributed by atoms with Crippen molar-refractivity contribution in [3.8, 4) is 5.75 Å². The maximum atomic E-state index is 13.8. The molecule has 2 aromatic rings. The van der Waals surface area contributed by atoms with Crippen LogP contribution in [0.5, 0.6) is 5.75 Å². The molecule has 0 saturated carbocycles. The number of ether oxygens (including phenoxy) is 1. The Morgan fingerprint density at radius 3 is 2.31 bits per heavy atom. The molecule has 0 N–H and O–H groups in total. The van der Waals surface area contributed by atoms with Gasteiger partial charge in [0.05, 0.1) is 16.6 Å². The van der Waals surface area contributed by atoms with Crippen LogP contribution in [0.3, 0.4) is 0 Å². The summed E-state index contributed by atoms with van der Waals surface area (Å²) in [6, 6.07) is 14.5. The van der Waals surface area contributed by atoms with Gasteiger partial charge in [-0.15, -0.1) is 23.5 Å². The van der Waals surface area contributed by atoms with Crippen molar-refractivity contribution < 1.29 is 17.9 Å². The number of piperidine rings is 1. The number of aryl methyl sites for hydroxylation is 1. The van der Waals surface area contributed by atoms with E-state index in [1.54, 1.807) is 36.3 Å². The molecule has 2 heterocycles. The van der Waals surface area contributed by atoms with Crippen LogP contribution in [0, 0.1) is 12.8 Å². The molecule has 0 spiro atoms. The molecule has 4 rings (SSSR count). The van der Waals surface area contributed by atoms with Crippen LogP contribution in [0.4, 0.5) is 0 Å². The van der Waals surface area contributed by atoms with E-state index >= 15 is 0 Å². The van der Waals surface area contributed by atoms with Gasteiger partial charge in [-0.1, -0.05) is 29.8 Å². The van der Waals surface area contributed by atoms with E-state index in [1.807, 2.05) is 54.7 Å². The SMILES string of the molecule is COc1ccc(CN2CCC(C3SCCCS3)C(S(=O)(=O)c3ccc(C)cc3)C2=O)cc1. The third-order valence-corrected chi connectivity index (χ3v) is 11.5. The first-order valence-electron chi connectivity index (χ1n) is 10.9. The average molecular weight is 492 g/mol. The number of likely N-dealkylation sites (tertiary alicyclic amines) is 1. The first kappa shape index (κ1) is 23.5. The number of carbonyl (C=O) groups excluding carboxylic acids is 1. The van der Waals surface area contributed by atoms with E-state index in [1.165, 1.54) is 0 Å². The number of hydrogen-bond donors (Lipinski definition) is 0. The van der Waals surface area contributed by atoms with E-state index in [-0.39, 0.29) is 21.3 Å². The monoisotopic (exact) mass is 491 g/mol. The summed E-state index contributed by atoms with van der Waals surface area (Å²) >= 11 is 3.62. The van der Waals surface area contributed by atoms with E-state index in [9.17, 15) is 13.2 Å². The first-order chi connectivity index (χ1) is 15.4. The summed E-state index contributed by atoms with van der Waals surface area (Å²) in [6.45, 7) is 2.91. The molecule has 2 atom stereocenters. The number of nitrogens with zero attached hydrogens (tertiary/aromatic N) is 1. The van der Waals surface area contributed by atoms with Gasteiger partial charge in [-0.2, -0.15) is 0 Å². The summed E-state index contributed by atoms with van der Waals surface area (Å²) in [7, 11) is -2.18. The van der Waals surface area contributed by atoms with E-state index in [2.05, 4.69) is 0 Å². The second-order valence-electron chi connectivity index (χ2n) is 8.30. The molecule has 2 fully saturated rings. The maximum absolute atomic E-state index is 13.8. The summed E-state index contributed by atoms with van der Waals surface area (Å²) in [4.78, 5) is 15.7. The highest BCUT2D eigenvalue weighted by Gasteiger charge is 2.49. The van der Waals surface area contributed by atoms with E-state index < -0.39 is 15.1 Å². The summed E-state index contributed by atoms with van der Waals surface area (Å²) in [6.07, 6.45) is 1.83. The van der Waals surface area contributed by atoms with Crippen LogP contribution in [-0.2, 0) is 21.2 Å². The summed E-state index contributed by atoms with van der Waals surface area (Å²) < 4.78 is 32.9. The lowest BCUT2D eigenvalue weighted by molar-refractivity contribution is -0.134. The van der Waals surface area contributed by atoms with Gasteiger partial charge in [0.15, 0.2) is 9.84 Å². The molecular formula is C24H29NO4S3. The van der Waals surface area contributed by atoms with Gasteiger partial charge in [0.2, 0.25) is 5.91 Å². The van der Waals surface area contributed by atoms with Gasteiger partial charge in [-0.05, 0) is 61.1 Å². The standard InChI is InChI=1S/C24H29NO4S3/c1-17-4-10-20(11-5-17)32(27,28)22-21(24-30-14-3-15-31-24)12-13-25(23(22)26)16-18-6-8-19(29-2)9-7-18/h4-11,21-22,24H,3,12-16H2,1-2H3. The van der Waals surface area contributed by atoms with Crippen molar-refractivity contribution in [3.63, 3.8) is 0 Å². The van der Waals surface area contributed by atoms with Crippen LogP contribution in [0.25, 0.3) is 0 Å². The molecule has 2 aliphatic rings. The third kappa shape index (κ3) is 4.97. The molecule has 0 bridgehead atoms. The number of carbonyl (C=O) groups is 1. The van der Waals surface area contributed by atoms with Crippen molar-refractivity contribution in [2.45, 2.75) is 41.0 Å². The minimum Gasteiger partial charge on any atom is -0.497 e. The van der Waals surface area contributed by atoms with Crippen molar-refractivity contribution in [2.75, 3.05) is 25.2 Å². The number of benzene rings is 2. The fourth-order valence-corrected chi connectivity index (χ4v) is 9.80. The Kier molecular flexibility index (Phi) is 7.42. The van der Waals surface area contributed by atoms with Gasteiger partial charge in [0.25, 0.3) is 0 Å². The number of hydrogen-bond acceptors (Lipinski definition) is 6. The molecule has 0 radical (unpaired) electrons. The molecule has 32 heavy (non-hydrogen) atoms. The Hall–Kier alpha value is -1.64. The quantitative estimate of drug-likeness (QED) is 0.597. The lowest BCUT2D eigenvalue weighted by Gasteiger charge is -2.41. The van der Waals surface area contributed by atoms with Crippen molar-refractivity contribution in [1.82, 2.24) is 4.90 Å². The molecule has 0 aliphatic carbocycles. The maximum Gasteiger partial charge on any atom is 0.241 e. The molecule has 172 valence electrons. The van der Waals surface area contributed by atoms with Gasteiger partial charge < -0.3 is 9.64 Å². The number of sulfone groups is 1. The summed E-state index contributed by atoms with van der Waals surface area (Å²) in [5.41, 5.74) is 1.96. The number of thioether (sulfide) groups is 2. The Balaban J connectivity index is 1.64. The van der Waals surface area contributed by atoms with Gasteiger partial charge >= 0.3 is 0 Å². The van der Waals surface area contributed by atoms with Crippen LogP contribution in [0.1, 0.15) is 24.0 Å². The van der Waals surface area contributed by atoms with Crippen LogP contribution < -0.4 is 4.74 Å². The molecule has 8 heteroatoms. The fourth-order valence-electron chi connectivity index (χ4n) is 4.31. The van der Waals surface area contributed by atoms with Gasteiger partial charge in [-0.25, -0.2) is 8.42 Å². The van der Waals surface area contributed by atoms with E-state index in [0.29, 0.717) is 19.5 Å². The van der Waals surface area contributed by atoms with Crippen molar-refractivity contribution >= 4 is 39.3 Å². The molecular weight excluding hydrogens is 462 g/mol. The number of methoxy groups -OCH3 is 1. The van der Waals surface area contributed by atoms with E-state index in [0.717, 1.165) is 34.8 Å². The van der Waals surface area contributed by atoms with Crippen molar-refractivity contribution in [1.29, 1.82) is 0 Å². The lowest BCUT2D eigenvalue weighted by atomic mass is 9.96. The second kappa shape index (κ2) is 10.1. The molecule has 5 nitrogen and oxygen atoms in total. The highest BCUT2D eigenvalue weighted by molar-refractivity contribution is 8.17. The number of amides is 1. The predicted molar refractivity (Wildman–Crippen MR) is 132 cm³/mol. The van der Waals surface area contributed by atoms with Crippen LogP contribution in [0.2, 0.25) is 0 Å². The molecule has 2 aromatic carbocycles. The molecule has 2 unspecified atom stereocenters. The van der Waals surface area contributed by atoms with Crippen molar-refractivity contribution in [2.24, 2.45) is 5.92 Å². The van der Waals surface area contributed by atoms with E-state index in [4.69, 9.17) is 4.74 Å².